The zero-order valence-corrected chi connectivity index (χ0v) is 13.5. The molecule has 1 saturated heterocycles. The standard InChI is InChI=1S/C16H23ClN2O2/c1-16(2,3)21-15(20)19-13-7-8-18-14(10-13)11-5-4-6-12(17)9-11/h4-6,9,13-14,18H,7-8,10H2,1-3H3,(H,19,20). The number of piperidine rings is 1. The van der Waals surface area contributed by atoms with Gasteiger partial charge in [0.25, 0.3) is 0 Å². The van der Waals surface area contributed by atoms with E-state index in [0.717, 1.165) is 30.0 Å². The lowest BCUT2D eigenvalue weighted by Gasteiger charge is -2.32. The number of rotatable bonds is 2. The van der Waals surface area contributed by atoms with Gasteiger partial charge in [-0.05, 0) is 57.9 Å². The Balaban J connectivity index is 1.93. The van der Waals surface area contributed by atoms with E-state index >= 15 is 0 Å². The van der Waals surface area contributed by atoms with Crippen LogP contribution >= 0.6 is 11.6 Å². The highest BCUT2D eigenvalue weighted by Gasteiger charge is 2.26. The summed E-state index contributed by atoms with van der Waals surface area (Å²) in [6.45, 7) is 6.45. The van der Waals surface area contributed by atoms with Crippen molar-refractivity contribution in [3.8, 4) is 0 Å². The highest BCUT2D eigenvalue weighted by atomic mass is 35.5. The molecule has 1 aliphatic rings. The third-order valence-electron chi connectivity index (χ3n) is 3.38. The second-order valence-electron chi connectivity index (χ2n) is 6.43. The van der Waals surface area contributed by atoms with Gasteiger partial charge in [-0.3, -0.25) is 0 Å². The van der Waals surface area contributed by atoms with Crippen molar-refractivity contribution in [2.45, 2.75) is 51.3 Å². The smallest absolute Gasteiger partial charge is 0.407 e. The van der Waals surface area contributed by atoms with E-state index < -0.39 is 5.60 Å². The molecule has 0 saturated carbocycles. The first kappa shape index (κ1) is 16.1. The molecule has 1 heterocycles. The molecule has 0 aromatic heterocycles. The Kier molecular flexibility index (Phi) is 5.12. The van der Waals surface area contributed by atoms with E-state index in [9.17, 15) is 4.79 Å². The molecule has 2 unspecified atom stereocenters. The van der Waals surface area contributed by atoms with Crippen molar-refractivity contribution in [3.05, 3.63) is 34.9 Å². The molecular weight excluding hydrogens is 288 g/mol. The number of nitrogens with one attached hydrogen (secondary N) is 2. The van der Waals surface area contributed by atoms with Crippen molar-refractivity contribution in [2.75, 3.05) is 6.54 Å². The molecule has 0 aliphatic carbocycles. The van der Waals surface area contributed by atoms with Gasteiger partial charge in [-0.25, -0.2) is 4.79 Å². The summed E-state index contributed by atoms with van der Waals surface area (Å²) in [7, 11) is 0. The minimum atomic E-state index is -0.469. The van der Waals surface area contributed by atoms with Gasteiger partial charge in [0.2, 0.25) is 0 Å². The number of carbonyl (C=O) groups is 1. The number of amides is 1. The average Bonchev–Trinajstić information content (AvgIpc) is 2.36. The number of alkyl carbamates (subject to hydrolysis) is 1. The van der Waals surface area contributed by atoms with E-state index in [0.29, 0.717) is 0 Å². The molecule has 1 aliphatic heterocycles. The number of hydrogen-bond acceptors (Lipinski definition) is 3. The number of ether oxygens (including phenoxy) is 1. The van der Waals surface area contributed by atoms with Crippen LogP contribution in [0.1, 0.15) is 45.2 Å². The molecule has 1 fully saturated rings. The zero-order valence-electron chi connectivity index (χ0n) is 12.8. The van der Waals surface area contributed by atoms with Crippen LogP contribution in [0.15, 0.2) is 24.3 Å². The summed E-state index contributed by atoms with van der Waals surface area (Å²) in [4.78, 5) is 11.8. The summed E-state index contributed by atoms with van der Waals surface area (Å²) in [5.74, 6) is 0. The first-order chi connectivity index (χ1) is 9.83. The van der Waals surface area contributed by atoms with E-state index in [1.165, 1.54) is 0 Å². The minimum absolute atomic E-state index is 0.116. The fourth-order valence-electron chi connectivity index (χ4n) is 2.50. The van der Waals surface area contributed by atoms with Gasteiger partial charge in [-0.2, -0.15) is 0 Å². The van der Waals surface area contributed by atoms with Crippen LogP contribution in [0, 0.1) is 0 Å². The normalized spacial score (nSPS) is 22.7. The molecule has 21 heavy (non-hydrogen) atoms. The maximum absolute atomic E-state index is 11.8. The Bertz CT molecular complexity index is 499. The van der Waals surface area contributed by atoms with E-state index in [4.69, 9.17) is 16.3 Å². The third-order valence-corrected chi connectivity index (χ3v) is 3.61. The first-order valence-corrected chi connectivity index (χ1v) is 7.70. The van der Waals surface area contributed by atoms with Crippen LogP contribution < -0.4 is 10.6 Å². The van der Waals surface area contributed by atoms with Crippen LogP contribution in [0.4, 0.5) is 4.79 Å². The van der Waals surface area contributed by atoms with Crippen LogP contribution in [-0.2, 0) is 4.74 Å². The van der Waals surface area contributed by atoms with Gasteiger partial charge in [0.05, 0.1) is 0 Å². The summed E-state index contributed by atoms with van der Waals surface area (Å²) < 4.78 is 5.31. The molecule has 0 spiro atoms. The SMILES string of the molecule is CC(C)(C)OC(=O)NC1CCNC(c2cccc(Cl)c2)C1. The highest BCUT2D eigenvalue weighted by Crippen LogP contribution is 2.25. The highest BCUT2D eigenvalue weighted by molar-refractivity contribution is 6.30. The molecule has 0 bridgehead atoms. The topological polar surface area (TPSA) is 50.4 Å². The Hall–Kier alpha value is -1.26. The Morgan fingerprint density at radius 2 is 2.19 bits per heavy atom. The molecule has 2 atom stereocenters. The molecule has 1 amide bonds. The summed E-state index contributed by atoms with van der Waals surface area (Å²) >= 11 is 6.04. The number of hydrogen-bond donors (Lipinski definition) is 2. The fourth-order valence-corrected chi connectivity index (χ4v) is 2.70. The average molecular weight is 311 g/mol. The van der Waals surface area contributed by atoms with Gasteiger partial charge in [0.15, 0.2) is 0 Å². The molecule has 0 radical (unpaired) electrons. The fraction of sp³-hybridized carbons (Fsp3) is 0.562. The van der Waals surface area contributed by atoms with Crippen molar-refractivity contribution in [1.82, 2.24) is 10.6 Å². The van der Waals surface area contributed by atoms with Crippen molar-refractivity contribution < 1.29 is 9.53 Å². The predicted molar refractivity (Wildman–Crippen MR) is 84.6 cm³/mol. The van der Waals surface area contributed by atoms with Crippen LogP contribution in [0.25, 0.3) is 0 Å². The Morgan fingerprint density at radius 3 is 2.86 bits per heavy atom. The lowest BCUT2D eigenvalue weighted by molar-refractivity contribution is 0.0490. The molecule has 4 nitrogen and oxygen atoms in total. The quantitative estimate of drug-likeness (QED) is 0.876. The Labute approximate surface area is 131 Å². The van der Waals surface area contributed by atoms with Crippen molar-refractivity contribution in [1.29, 1.82) is 0 Å². The molecule has 5 heteroatoms. The van der Waals surface area contributed by atoms with Gasteiger partial charge in [-0.1, -0.05) is 23.7 Å². The molecule has 116 valence electrons. The first-order valence-electron chi connectivity index (χ1n) is 7.32. The van der Waals surface area contributed by atoms with Gasteiger partial charge in [-0.15, -0.1) is 0 Å². The molecule has 1 aromatic rings. The molecule has 2 N–H and O–H groups in total. The predicted octanol–water partition coefficient (Wildman–Crippen LogP) is 3.66. The zero-order chi connectivity index (χ0) is 15.5. The van der Waals surface area contributed by atoms with E-state index in [-0.39, 0.29) is 18.2 Å². The van der Waals surface area contributed by atoms with E-state index in [1.807, 2.05) is 39.0 Å². The molecule has 2 rings (SSSR count). The second kappa shape index (κ2) is 6.67. The minimum Gasteiger partial charge on any atom is -0.444 e. The van der Waals surface area contributed by atoms with Gasteiger partial charge >= 0.3 is 6.09 Å². The van der Waals surface area contributed by atoms with Crippen molar-refractivity contribution >= 4 is 17.7 Å². The van der Waals surface area contributed by atoms with Gasteiger partial charge in [0, 0.05) is 17.1 Å². The summed E-state index contributed by atoms with van der Waals surface area (Å²) in [6.07, 6.45) is 1.38. The molecule has 1 aromatic carbocycles. The number of halogens is 1. The third kappa shape index (κ3) is 5.21. The van der Waals surface area contributed by atoms with Crippen molar-refractivity contribution in [2.24, 2.45) is 0 Å². The van der Waals surface area contributed by atoms with Crippen LogP contribution in [0.3, 0.4) is 0 Å². The van der Waals surface area contributed by atoms with E-state index in [1.54, 1.807) is 0 Å². The molecular formula is C16H23ClN2O2. The number of carbonyl (C=O) groups excluding carboxylic acids is 1. The van der Waals surface area contributed by atoms with E-state index in [2.05, 4.69) is 16.7 Å². The number of benzene rings is 1. The van der Waals surface area contributed by atoms with Gasteiger partial charge < -0.3 is 15.4 Å². The summed E-state index contributed by atoms with van der Waals surface area (Å²) in [6, 6.07) is 8.16. The summed E-state index contributed by atoms with van der Waals surface area (Å²) in [5, 5.41) is 7.15. The largest absolute Gasteiger partial charge is 0.444 e. The second-order valence-corrected chi connectivity index (χ2v) is 6.87. The van der Waals surface area contributed by atoms with Crippen LogP contribution in [-0.4, -0.2) is 24.3 Å². The van der Waals surface area contributed by atoms with Gasteiger partial charge in [0.1, 0.15) is 5.60 Å². The summed E-state index contributed by atoms with van der Waals surface area (Å²) in [5.41, 5.74) is 0.682. The van der Waals surface area contributed by atoms with Crippen LogP contribution in [0.2, 0.25) is 5.02 Å². The lowest BCUT2D eigenvalue weighted by atomic mass is 9.94. The maximum Gasteiger partial charge on any atom is 0.407 e. The van der Waals surface area contributed by atoms with Crippen molar-refractivity contribution in [3.63, 3.8) is 0 Å². The maximum atomic E-state index is 11.8. The Morgan fingerprint density at radius 1 is 1.43 bits per heavy atom. The lowest BCUT2D eigenvalue weighted by Crippen LogP contribution is -2.45. The van der Waals surface area contributed by atoms with Crippen LogP contribution in [0.5, 0.6) is 0 Å². The monoisotopic (exact) mass is 310 g/mol.